The van der Waals surface area contributed by atoms with Crippen molar-refractivity contribution in [1.82, 2.24) is 25.6 Å². The van der Waals surface area contributed by atoms with Gasteiger partial charge in [0.2, 0.25) is 5.91 Å². The number of benzene rings is 2. The highest BCUT2D eigenvalue weighted by molar-refractivity contribution is 6.02. The number of carbonyl (C=O) groups excluding carboxylic acids is 1. The lowest BCUT2D eigenvalue weighted by molar-refractivity contribution is -0.118. The van der Waals surface area contributed by atoms with Gasteiger partial charge in [-0.1, -0.05) is 18.2 Å². The smallest absolute Gasteiger partial charge is 0.286 e. The van der Waals surface area contributed by atoms with E-state index in [9.17, 15) is 22.4 Å². The van der Waals surface area contributed by atoms with Gasteiger partial charge in [0.05, 0.1) is 5.41 Å². The van der Waals surface area contributed by atoms with Crippen LogP contribution >= 0.6 is 0 Å². The van der Waals surface area contributed by atoms with Gasteiger partial charge in [0.1, 0.15) is 5.69 Å². The van der Waals surface area contributed by atoms with Gasteiger partial charge in [-0.2, -0.15) is 8.78 Å². The first kappa shape index (κ1) is 22.6. The van der Waals surface area contributed by atoms with Crippen LogP contribution < -0.4 is 5.32 Å². The van der Waals surface area contributed by atoms with E-state index in [2.05, 4.69) is 30.9 Å². The van der Waals surface area contributed by atoms with Crippen LogP contribution in [-0.2, 0) is 16.1 Å². The third kappa shape index (κ3) is 4.25. The molecule has 1 saturated carbocycles. The quantitative estimate of drug-likeness (QED) is 0.378. The summed E-state index contributed by atoms with van der Waals surface area (Å²) in [6, 6.07) is 11.2. The number of halogens is 4. The maximum absolute atomic E-state index is 13.8. The van der Waals surface area contributed by atoms with Crippen molar-refractivity contribution in [1.29, 1.82) is 0 Å². The Morgan fingerprint density at radius 3 is 2.43 bits per heavy atom. The van der Waals surface area contributed by atoms with E-state index in [1.54, 1.807) is 18.2 Å². The fourth-order valence-corrected chi connectivity index (χ4v) is 3.97. The van der Waals surface area contributed by atoms with Crippen molar-refractivity contribution >= 4 is 11.6 Å². The standard InChI is InChI=1S/C24H18F4N6O/c1-23(27,28)20-7-2-13(12-29-20)16-5-4-15(11-17(16)21-31-33-34-32-21)30-22(35)24(8-9-24)14-3-6-18(25)19(26)10-14/h2-7,10-12H,8-9H2,1H3,(H,30,35)(H,31,32,33,34). The molecule has 0 atom stereocenters. The van der Waals surface area contributed by atoms with Crippen LogP contribution in [0.1, 0.15) is 31.0 Å². The number of hydrogen-bond donors (Lipinski definition) is 2. The lowest BCUT2D eigenvalue weighted by atomic mass is 9.94. The molecule has 5 rings (SSSR count). The molecule has 2 aromatic heterocycles. The number of pyridine rings is 1. The highest BCUT2D eigenvalue weighted by Gasteiger charge is 2.51. The van der Waals surface area contributed by atoms with Gasteiger partial charge in [-0.3, -0.25) is 9.78 Å². The second kappa shape index (κ2) is 8.26. The number of aromatic nitrogens is 5. The average molecular weight is 482 g/mol. The number of rotatable bonds is 6. The molecular weight excluding hydrogens is 464 g/mol. The monoisotopic (exact) mass is 482 g/mol. The van der Waals surface area contributed by atoms with Gasteiger partial charge in [-0.05, 0) is 64.7 Å². The van der Waals surface area contributed by atoms with E-state index in [1.165, 1.54) is 24.4 Å². The number of H-pyrrole nitrogens is 1. The van der Waals surface area contributed by atoms with E-state index >= 15 is 0 Å². The number of amides is 1. The van der Waals surface area contributed by atoms with Crippen molar-refractivity contribution in [2.45, 2.75) is 31.1 Å². The van der Waals surface area contributed by atoms with E-state index < -0.39 is 23.0 Å². The molecule has 0 radical (unpaired) electrons. The number of hydrogen-bond acceptors (Lipinski definition) is 5. The Bertz CT molecular complexity index is 1400. The number of aromatic amines is 1. The zero-order valence-electron chi connectivity index (χ0n) is 18.3. The Morgan fingerprint density at radius 1 is 1.03 bits per heavy atom. The largest absolute Gasteiger partial charge is 0.325 e. The van der Waals surface area contributed by atoms with Gasteiger partial charge in [-0.25, -0.2) is 13.9 Å². The number of nitrogens with zero attached hydrogens (tertiary/aromatic N) is 4. The van der Waals surface area contributed by atoms with Crippen molar-refractivity contribution in [2.24, 2.45) is 0 Å². The first-order valence-corrected chi connectivity index (χ1v) is 10.7. The van der Waals surface area contributed by atoms with Gasteiger partial charge in [0.15, 0.2) is 17.5 Å². The number of nitrogens with one attached hydrogen (secondary N) is 2. The van der Waals surface area contributed by atoms with E-state index in [0.717, 1.165) is 19.1 Å². The molecule has 2 N–H and O–H groups in total. The molecule has 0 spiro atoms. The van der Waals surface area contributed by atoms with Crippen LogP contribution in [0.2, 0.25) is 0 Å². The molecule has 0 aliphatic heterocycles. The Kier molecular flexibility index (Phi) is 5.34. The number of alkyl halides is 2. The maximum atomic E-state index is 13.8. The first-order chi connectivity index (χ1) is 16.7. The van der Waals surface area contributed by atoms with Gasteiger partial charge in [-0.15, -0.1) is 5.10 Å². The summed E-state index contributed by atoms with van der Waals surface area (Å²) in [6.45, 7) is 0.769. The summed E-state index contributed by atoms with van der Waals surface area (Å²) >= 11 is 0. The maximum Gasteiger partial charge on any atom is 0.286 e. The van der Waals surface area contributed by atoms with Crippen LogP contribution in [0.25, 0.3) is 22.5 Å². The fraction of sp³-hybridized carbons (Fsp3) is 0.208. The van der Waals surface area contributed by atoms with Crippen molar-refractivity contribution < 1.29 is 22.4 Å². The summed E-state index contributed by atoms with van der Waals surface area (Å²) in [5, 5.41) is 16.6. The highest BCUT2D eigenvalue weighted by Crippen LogP contribution is 2.49. The minimum absolute atomic E-state index is 0.294. The molecule has 35 heavy (non-hydrogen) atoms. The van der Waals surface area contributed by atoms with Crippen LogP contribution in [0, 0.1) is 11.6 Å². The minimum atomic E-state index is -3.07. The summed E-state index contributed by atoms with van der Waals surface area (Å²) < 4.78 is 54.2. The second-order valence-corrected chi connectivity index (χ2v) is 8.50. The van der Waals surface area contributed by atoms with Crippen LogP contribution in [0.4, 0.5) is 23.2 Å². The predicted octanol–water partition coefficient (Wildman–Crippen LogP) is 4.99. The Hall–Kier alpha value is -4.15. The second-order valence-electron chi connectivity index (χ2n) is 8.50. The number of carbonyl (C=O) groups is 1. The van der Waals surface area contributed by atoms with Crippen LogP contribution in [0.3, 0.4) is 0 Å². The first-order valence-electron chi connectivity index (χ1n) is 10.7. The molecule has 1 aliphatic carbocycles. The molecule has 2 heterocycles. The van der Waals surface area contributed by atoms with E-state index in [0.29, 0.717) is 46.6 Å². The minimum Gasteiger partial charge on any atom is -0.325 e. The van der Waals surface area contributed by atoms with E-state index in [1.807, 2.05) is 0 Å². The summed E-state index contributed by atoms with van der Waals surface area (Å²) in [5.41, 5.74) is 1.17. The molecule has 11 heteroatoms. The van der Waals surface area contributed by atoms with Gasteiger partial charge in [0, 0.05) is 29.9 Å². The van der Waals surface area contributed by atoms with E-state index in [-0.39, 0.29) is 11.6 Å². The molecule has 4 aromatic rings. The van der Waals surface area contributed by atoms with Crippen molar-refractivity contribution in [2.75, 3.05) is 5.32 Å². The molecule has 1 aliphatic rings. The van der Waals surface area contributed by atoms with Gasteiger partial charge >= 0.3 is 0 Å². The zero-order valence-corrected chi connectivity index (χ0v) is 18.3. The molecule has 1 fully saturated rings. The lowest BCUT2D eigenvalue weighted by Gasteiger charge is -2.17. The molecule has 178 valence electrons. The Morgan fingerprint density at radius 2 is 1.83 bits per heavy atom. The topological polar surface area (TPSA) is 96.5 Å². The molecule has 0 saturated heterocycles. The SMILES string of the molecule is CC(F)(F)c1ccc(-c2ccc(NC(=O)C3(c4ccc(F)c(F)c4)CC3)cc2-c2nnn[nH]2)cn1. The van der Waals surface area contributed by atoms with Crippen molar-refractivity contribution in [3.05, 3.63) is 77.6 Å². The third-order valence-corrected chi connectivity index (χ3v) is 6.06. The molecular formula is C24H18F4N6O. The van der Waals surface area contributed by atoms with E-state index in [4.69, 9.17) is 0 Å². The number of tetrazole rings is 1. The van der Waals surface area contributed by atoms with Crippen molar-refractivity contribution in [3.8, 4) is 22.5 Å². The van der Waals surface area contributed by atoms with Crippen molar-refractivity contribution in [3.63, 3.8) is 0 Å². The predicted molar refractivity (Wildman–Crippen MR) is 118 cm³/mol. The highest BCUT2D eigenvalue weighted by atomic mass is 19.3. The fourth-order valence-electron chi connectivity index (χ4n) is 3.97. The zero-order chi connectivity index (χ0) is 24.8. The van der Waals surface area contributed by atoms with Gasteiger partial charge in [0.25, 0.3) is 5.92 Å². The van der Waals surface area contributed by atoms with Crippen LogP contribution in [0.5, 0.6) is 0 Å². The summed E-state index contributed by atoms with van der Waals surface area (Å²) in [6.07, 6.45) is 2.33. The molecule has 1 amide bonds. The molecule has 7 nitrogen and oxygen atoms in total. The molecule has 0 unspecified atom stereocenters. The number of anilines is 1. The summed E-state index contributed by atoms with van der Waals surface area (Å²) in [7, 11) is 0. The third-order valence-electron chi connectivity index (χ3n) is 6.06. The normalized spacial score (nSPS) is 14.5. The Balaban J connectivity index is 1.47. The summed E-state index contributed by atoms with van der Waals surface area (Å²) in [5.74, 6) is -5.12. The molecule has 0 bridgehead atoms. The average Bonchev–Trinajstić information content (AvgIpc) is 3.47. The summed E-state index contributed by atoms with van der Waals surface area (Å²) in [4.78, 5) is 17.0. The molecule has 2 aromatic carbocycles. The van der Waals surface area contributed by atoms with Gasteiger partial charge < -0.3 is 5.32 Å². The van der Waals surface area contributed by atoms with Crippen LogP contribution in [-0.4, -0.2) is 31.5 Å². The Labute approximate surface area is 196 Å². The lowest BCUT2D eigenvalue weighted by Crippen LogP contribution is -2.28. The van der Waals surface area contributed by atoms with Crippen LogP contribution in [0.15, 0.2) is 54.7 Å².